The average Bonchev–Trinajstić information content (AvgIpc) is 3.24. The van der Waals surface area contributed by atoms with Crippen LogP contribution in [0, 0.1) is 5.92 Å². The lowest BCUT2D eigenvalue weighted by Gasteiger charge is -2.36. The molecule has 3 aromatic heterocycles. The molecule has 8 nitrogen and oxygen atoms in total. The first-order valence-electron chi connectivity index (χ1n) is 11.5. The monoisotopic (exact) mass is 451 g/mol. The molecular weight excluding hydrogens is 418 g/mol. The summed E-state index contributed by atoms with van der Waals surface area (Å²) in [4.78, 5) is 17.4. The molecule has 4 rings (SSSR count). The predicted octanol–water partition coefficient (Wildman–Crippen LogP) is 3.55. The summed E-state index contributed by atoms with van der Waals surface area (Å²) in [6.45, 7) is 4.86. The number of aromatic nitrogens is 4. The number of nitrogens with zero attached hydrogens (tertiary/aromatic N) is 4. The molecule has 0 spiro atoms. The van der Waals surface area contributed by atoms with Crippen molar-refractivity contribution in [3.63, 3.8) is 0 Å². The lowest BCUT2D eigenvalue weighted by Crippen LogP contribution is -2.38. The summed E-state index contributed by atoms with van der Waals surface area (Å²) >= 11 is 0. The van der Waals surface area contributed by atoms with Crippen molar-refractivity contribution in [2.45, 2.75) is 57.7 Å². The molecule has 0 unspecified atom stereocenters. The molecule has 1 saturated carbocycles. The van der Waals surface area contributed by atoms with Gasteiger partial charge in [0.05, 0.1) is 18.9 Å². The maximum atomic E-state index is 13.2. The SMILES string of the molecule is COc1ccc(C2(O)CCC(Nc3cc(-c4cnn(C)c4)cn(CC(C)C)c3=O)CC2)cn1. The summed E-state index contributed by atoms with van der Waals surface area (Å²) in [6, 6.07) is 5.69. The number of rotatable bonds is 7. The molecule has 33 heavy (non-hydrogen) atoms. The first-order valence-corrected chi connectivity index (χ1v) is 11.5. The van der Waals surface area contributed by atoms with E-state index in [1.54, 1.807) is 28.6 Å². The number of aryl methyl sites for hydroxylation is 1. The predicted molar refractivity (Wildman–Crippen MR) is 128 cm³/mol. The van der Waals surface area contributed by atoms with E-state index < -0.39 is 5.60 Å². The van der Waals surface area contributed by atoms with Gasteiger partial charge in [-0.25, -0.2) is 4.98 Å². The third kappa shape index (κ3) is 5.11. The zero-order chi connectivity index (χ0) is 23.6. The summed E-state index contributed by atoms with van der Waals surface area (Å²) in [7, 11) is 3.46. The molecule has 3 heterocycles. The Kier molecular flexibility index (Phi) is 6.56. The van der Waals surface area contributed by atoms with Crippen molar-refractivity contribution in [3.05, 3.63) is 58.9 Å². The topological polar surface area (TPSA) is 94.2 Å². The van der Waals surface area contributed by atoms with Crippen LogP contribution >= 0.6 is 0 Å². The molecule has 0 aromatic carbocycles. The Morgan fingerprint density at radius 3 is 2.55 bits per heavy atom. The zero-order valence-corrected chi connectivity index (χ0v) is 19.8. The smallest absolute Gasteiger partial charge is 0.273 e. The van der Waals surface area contributed by atoms with Gasteiger partial charge in [0.25, 0.3) is 5.56 Å². The van der Waals surface area contributed by atoms with Crippen LogP contribution in [0.1, 0.15) is 45.1 Å². The second-order valence-electron chi connectivity index (χ2n) is 9.44. The Hall–Kier alpha value is -3.13. The summed E-state index contributed by atoms with van der Waals surface area (Å²) < 4.78 is 8.67. The standard InChI is InChI=1S/C25H33N5O3/c1-17(2)14-30-16-18(19-12-27-29(3)15-19)11-22(24(30)31)28-21-7-9-25(32,10-8-21)20-5-6-23(33-4)26-13-20/h5-6,11-13,15-17,21,28,32H,7-10,14H2,1-4H3. The van der Waals surface area contributed by atoms with Gasteiger partial charge in [-0.2, -0.15) is 5.10 Å². The number of pyridine rings is 2. The minimum absolute atomic E-state index is 0.0171. The third-order valence-corrected chi connectivity index (χ3v) is 6.34. The van der Waals surface area contributed by atoms with Crippen LogP contribution < -0.4 is 15.6 Å². The molecular formula is C25H33N5O3. The number of ether oxygens (including phenoxy) is 1. The van der Waals surface area contributed by atoms with Gasteiger partial charge in [-0.05, 0) is 43.7 Å². The van der Waals surface area contributed by atoms with Crippen LogP contribution in [-0.4, -0.2) is 37.6 Å². The molecule has 0 amide bonds. The van der Waals surface area contributed by atoms with Gasteiger partial charge in [-0.3, -0.25) is 9.48 Å². The van der Waals surface area contributed by atoms with Crippen molar-refractivity contribution in [3.8, 4) is 17.0 Å². The maximum absolute atomic E-state index is 13.2. The van der Waals surface area contributed by atoms with Crippen LogP contribution in [0.3, 0.4) is 0 Å². The normalized spacial score (nSPS) is 20.7. The van der Waals surface area contributed by atoms with E-state index in [4.69, 9.17) is 4.74 Å². The fourth-order valence-electron chi connectivity index (χ4n) is 4.52. The molecule has 8 heteroatoms. The lowest BCUT2D eigenvalue weighted by atomic mass is 9.78. The zero-order valence-electron chi connectivity index (χ0n) is 19.8. The van der Waals surface area contributed by atoms with Crippen LogP contribution in [0.4, 0.5) is 5.69 Å². The van der Waals surface area contributed by atoms with Gasteiger partial charge in [-0.1, -0.05) is 13.8 Å². The molecule has 0 aliphatic heterocycles. The van der Waals surface area contributed by atoms with Gasteiger partial charge < -0.3 is 19.7 Å². The lowest BCUT2D eigenvalue weighted by molar-refractivity contribution is -0.00367. The number of hydrogen-bond acceptors (Lipinski definition) is 6. The van der Waals surface area contributed by atoms with Gasteiger partial charge in [0.15, 0.2) is 0 Å². The largest absolute Gasteiger partial charge is 0.481 e. The van der Waals surface area contributed by atoms with Gasteiger partial charge in [0.2, 0.25) is 5.88 Å². The van der Waals surface area contributed by atoms with Crippen molar-refractivity contribution in [1.82, 2.24) is 19.3 Å². The molecule has 1 fully saturated rings. The van der Waals surface area contributed by atoms with E-state index in [1.807, 2.05) is 37.8 Å². The van der Waals surface area contributed by atoms with Crippen molar-refractivity contribution in [1.29, 1.82) is 0 Å². The molecule has 0 atom stereocenters. The number of aliphatic hydroxyl groups is 1. The van der Waals surface area contributed by atoms with E-state index >= 15 is 0 Å². The van der Waals surface area contributed by atoms with Gasteiger partial charge in [0.1, 0.15) is 5.69 Å². The van der Waals surface area contributed by atoms with Crippen molar-refractivity contribution < 1.29 is 9.84 Å². The Morgan fingerprint density at radius 1 is 1.21 bits per heavy atom. The first kappa shape index (κ1) is 23.0. The molecule has 0 saturated heterocycles. The van der Waals surface area contributed by atoms with Crippen LogP contribution in [0.2, 0.25) is 0 Å². The third-order valence-electron chi connectivity index (χ3n) is 6.34. The van der Waals surface area contributed by atoms with E-state index in [2.05, 4.69) is 29.2 Å². The molecule has 3 aromatic rings. The van der Waals surface area contributed by atoms with Crippen molar-refractivity contribution in [2.75, 3.05) is 12.4 Å². The van der Waals surface area contributed by atoms with E-state index in [-0.39, 0.29) is 11.6 Å². The van der Waals surface area contributed by atoms with Crippen LogP contribution in [0.25, 0.3) is 11.1 Å². The number of hydrogen-bond donors (Lipinski definition) is 2. The first-order chi connectivity index (χ1) is 15.8. The van der Waals surface area contributed by atoms with Crippen LogP contribution in [-0.2, 0) is 19.2 Å². The summed E-state index contributed by atoms with van der Waals surface area (Å²) in [5, 5.41) is 19.0. The number of methoxy groups -OCH3 is 1. The minimum Gasteiger partial charge on any atom is -0.481 e. The Morgan fingerprint density at radius 2 is 1.97 bits per heavy atom. The van der Waals surface area contributed by atoms with Crippen LogP contribution in [0.15, 0.2) is 47.8 Å². The second kappa shape index (κ2) is 9.39. The number of anilines is 1. The van der Waals surface area contributed by atoms with E-state index in [0.29, 0.717) is 36.9 Å². The average molecular weight is 452 g/mol. The summed E-state index contributed by atoms with van der Waals surface area (Å²) in [6.07, 6.45) is 10.1. The molecule has 0 radical (unpaired) electrons. The second-order valence-corrected chi connectivity index (χ2v) is 9.44. The fourth-order valence-corrected chi connectivity index (χ4v) is 4.52. The molecule has 1 aliphatic carbocycles. The summed E-state index contributed by atoms with van der Waals surface area (Å²) in [5.41, 5.74) is 2.41. The highest BCUT2D eigenvalue weighted by atomic mass is 16.5. The summed E-state index contributed by atoms with van der Waals surface area (Å²) in [5.74, 6) is 0.881. The van der Waals surface area contributed by atoms with Crippen molar-refractivity contribution in [2.24, 2.45) is 13.0 Å². The van der Waals surface area contributed by atoms with Gasteiger partial charge in [0, 0.05) is 61.0 Å². The molecule has 176 valence electrons. The Labute approximate surface area is 194 Å². The van der Waals surface area contributed by atoms with E-state index in [1.165, 1.54) is 0 Å². The van der Waals surface area contributed by atoms with Crippen molar-refractivity contribution >= 4 is 5.69 Å². The van der Waals surface area contributed by atoms with E-state index in [0.717, 1.165) is 29.5 Å². The Balaban J connectivity index is 1.53. The van der Waals surface area contributed by atoms with Gasteiger partial charge in [-0.15, -0.1) is 0 Å². The minimum atomic E-state index is -0.910. The molecule has 0 bridgehead atoms. The highest BCUT2D eigenvalue weighted by Crippen LogP contribution is 2.38. The highest BCUT2D eigenvalue weighted by Gasteiger charge is 2.35. The molecule has 2 N–H and O–H groups in total. The highest BCUT2D eigenvalue weighted by molar-refractivity contribution is 5.65. The van der Waals surface area contributed by atoms with Crippen LogP contribution in [0.5, 0.6) is 5.88 Å². The Bertz CT molecular complexity index is 1140. The fraction of sp³-hybridized carbons (Fsp3) is 0.480. The number of nitrogens with one attached hydrogen (secondary N) is 1. The maximum Gasteiger partial charge on any atom is 0.273 e. The van der Waals surface area contributed by atoms with Gasteiger partial charge >= 0.3 is 0 Å². The molecule has 1 aliphatic rings. The quantitative estimate of drug-likeness (QED) is 0.571. The van der Waals surface area contributed by atoms with E-state index in [9.17, 15) is 9.90 Å².